The van der Waals surface area contributed by atoms with Crippen LogP contribution in [0.5, 0.6) is 0 Å². The van der Waals surface area contributed by atoms with Crippen molar-refractivity contribution < 1.29 is 4.79 Å². The van der Waals surface area contributed by atoms with E-state index in [0.29, 0.717) is 0 Å². The highest BCUT2D eigenvalue weighted by Gasteiger charge is 2.31. The van der Waals surface area contributed by atoms with E-state index < -0.39 is 11.2 Å². The van der Waals surface area contributed by atoms with Crippen LogP contribution in [0.1, 0.15) is 5.56 Å². The van der Waals surface area contributed by atoms with Gasteiger partial charge < -0.3 is 10.2 Å². The summed E-state index contributed by atoms with van der Waals surface area (Å²) in [4.78, 5) is 37.3. The number of hydrogen-bond acceptors (Lipinski definition) is 4. The maximum Gasteiger partial charge on any atom is 0.332 e. The third kappa shape index (κ3) is 1.55. The second-order valence-corrected chi connectivity index (χ2v) is 4.39. The zero-order valence-electron chi connectivity index (χ0n) is 10.6. The Balaban J connectivity index is 2.86. The van der Waals surface area contributed by atoms with Gasteiger partial charge in [0.2, 0.25) is 0 Å². The number of rotatable bonds is 1. The second-order valence-electron chi connectivity index (χ2n) is 4.39. The Morgan fingerprint density at radius 2 is 1.72 bits per heavy atom. The molecule has 0 atom stereocenters. The number of fused-ring (bicyclic) bond motifs is 1. The lowest BCUT2D eigenvalue weighted by molar-refractivity contribution is -0.110. The molecule has 0 aromatic carbocycles. The maximum atomic E-state index is 12.1. The first kappa shape index (κ1) is 12.2. The number of hydrogen-bond donors (Lipinski definition) is 1. The molecule has 2 heterocycles. The van der Waals surface area contributed by atoms with Gasteiger partial charge in [-0.25, -0.2) is 4.79 Å². The van der Waals surface area contributed by atoms with E-state index in [1.165, 1.54) is 18.7 Å². The number of anilines is 1. The molecule has 1 amide bonds. The first-order valence-corrected chi connectivity index (χ1v) is 5.34. The third-order valence-corrected chi connectivity index (χ3v) is 2.80. The van der Waals surface area contributed by atoms with Crippen LogP contribution in [0.25, 0.3) is 5.57 Å². The van der Waals surface area contributed by atoms with Crippen LogP contribution < -0.4 is 16.6 Å². The van der Waals surface area contributed by atoms with Crippen LogP contribution in [0.4, 0.5) is 5.82 Å². The number of nitrogens with zero attached hydrogens (tertiary/aromatic N) is 3. The minimum Gasteiger partial charge on any atom is -0.383 e. The van der Waals surface area contributed by atoms with Gasteiger partial charge in [-0.3, -0.25) is 18.7 Å². The van der Waals surface area contributed by atoms with Crippen LogP contribution in [0, 0.1) is 0 Å². The first-order valence-electron chi connectivity index (χ1n) is 5.34. The Morgan fingerprint density at radius 1 is 1.11 bits per heavy atom. The molecule has 1 N–H and O–H groups in total. The molecule has 2 rings (SSSR count). The Labute approximate surface area is 103 Å². The fourth-order valence-electron chi connectivity index (χ4n) is 1.90. The third-order valence-electron chi connectivity index (χ3n) is 2.80. The van der Waals surface area contributed by atoms with Crippen LogP contribution in [0.2, 0.25) is 0 Å². The lowest BCUT2D eigenvalue weighted by atomic mass is 10.1. The Morgan fingerprint density at radius 3 is 2.28 bits per heavy atom. The quantitative estimate of drug-likeness (QED) is 0.644. The minimum atomic E-state index is -0.473. The van der Waals surface area contributed by atoms with Crippen LogP contribution >= 0.6 is 0 Å². The van der Waals surface area contributed by atoms with Crippen LogP contribution in [0.3, 0.4) is 0 Å². The fourth-order valence-corrected chi connectivity index (χ4v) is 1.90. The highest BCUT2D eigenvalue weighted by atomic mass is 16.2. The molecule has 1 aliphatic rings. The van der Waals surface area contributed by atoms with Gasteiger partial charge in [0.15, 0.2) is 0 Å². The Hall–Kier alpha value is -2.31. The molecule has 7 nitrogen and oxygen atoms in total. The summed E-state index contributed by atoms with van der Waals surface area (Å²) < 4.78 is 2.24. The molecule has 0 radical (unpaired) electrons. The molecule has 0 saturated heterocycles. The van der Waals surface area contributed by atoms with Crippen molar-refractivity contribution in [3.05, 3.63) is 32.6 Å². The molecular formula is C11H14N4O3. The molecule has 7 heteroatoms. The van der Waals surface area contributed by atoms with Gasteiger partial charge in [0.25, 0.3) is 11.5 Å². The fraction of sp³-hybridized carbons (Fsp3) is 0.364. The van der Waals surface area contributed by atoms with Gasteiger partial charge >= 0.3 is 5.69 Å². The molecule has 0 fully saturated rings. The zero-order valence-corrected chi connectivity index (χ0v) is 10.6. The van der Waals surface area contributed by atoms with Gasteiger partial charge in [-0.15, -0.1) is 0 Å². The van der Waals surface area contributed by atoms with Crippen molar-refractivity contribution in [3.8, 4) is 0 Å². The summed E-state index contributed by atoms with van der Waals surface area (Å²) in [6.07, 6.45) is 1.56. The normalized spacial score (nSPS) is 15.8. The number of aromatic nitrogens is 2. The van der Waals surface area contributed by atoms with Crippen molar-refractivity contribution in [2.45, 2.75) is 0 Å². The zero-order chi connectivity index (χ0) is 13.6. The van der Waals surface area contributed by atoms with Gasteiger partial charge in [0, 0.05) is 34.4 Å². The van der Waals surface area contributed by atoms with E-state index in [4.69, 9.17) is 0 Å². The average Bonchev–Trinajstić information content (AvgIpc) is 2.61. The predicted octanol–water partition coefficient (Wildman–Crippen LogP) is -1.06. The molecular weight excluding hydrogens is 236 g/mol. The van der Waals surface area contributed by atoms with Gasteiger partial charge in [0.05, 0.1) is 11.1 Å². The molecule has 1 aromatic heterocycles. The number of nitrogens with one attached hydrogen (secondary N) is 1. The SMILES string of the molecule is CN(C)C=C1C(=O)Nc2c1c(=O)n(C)c(=O)n2C. The van der Waals surface area contributed by atoms with E-state index in [-0.39, 0.29) is 22.9 Å². The summed E-state index contributed by atoms with van der Waals surface area (Å²) >= 11 is 0. The van der Waals surface area contributed by atoms with Gasteiger partial charge in [0.1, 0.15) is 5.82 Å². The van der Waals surface area contributed by atoms with E-state index in [9.17, 15) is 14.4 Å². The first-order chi connectivity index (χ1) is 8.34. The lowest BCUT2D eigenvalue weighted by Gasteiger charge is -2.08. The van der Waals surface area contributed by atoms with Gasteiger partial charge in [-0.05, 0) is 0 Å². The highest BCUT2D eigenvalue weighted by Crippen LogP contribution is 2.26. The summed E-state index contributed by atoms with van der Waals surface area (Å²) in [6, 6.07) is 0. The summed E-state index contributed by atoms with van der Waals surface area (Å²) in [7, 11) is 6.41. The van der Waals surface area contributed by atoms with E-state index >= 15 is 0 Å². The van der Waals surface area contributed by atoms with Crippen LogP contribution in [-0.4, -0.2) is 34.0 Å². The summed E-state index contributed by atoms with van der Waals surface area (Å²) in [6.45, 7) is 0. The highest BCUT2D eigenvalue weighted by molar-refractivity contribution is 6.30. The van der Waals surface area contributed by atoms with Crippen LogP contribution in [-0.2, 0) is 18.9 Å². The topological polar surface area (TPSA) is 76.3 Å². The van der Waals surface area contributed by atoms with Crippen molar-refractivity contribution in [1.29, 1.82) is 0 Å². The molecule has 1 aliphatic heterocycles. The minimum absolute atomic E-state index is 0.235. The summed E-state index contributed by atoms with van der Waals surface area (Å²) in [5.41, 5.74) is -0.436. The largest absolute Gasteiger partial charge is 0.383 e. The standard InChI is InChI=1S/C11H14N4O3/c1-13(2)5-6-7-8(12-9(6)16)14(3)11(18)15(4)10(7)17/h5H,1-4H3,(H,12,16). The van der Waals surface area contributed by atoms with Crippen molar-refractivity contribution in [3.63, 3.8) is 0 Å². The molecule has 18 heavy (non-hydrogen) atoms. The average molecular weight is 250 g/mol. The van der Waals surface area contributed by atoms with E-state index in [0.717, 1.165) is 4.57 Å². The molecule has 0 spiro atoms. The molecule has 1 aromatic rings. The van der Waals surface area contributed by atoms with E-state index in [1.54, 1.807) is 25.2 Å². The summed E-state index contributed by atoms with van der Waals surface area (Å²) in [5.74, 6) is -0.127. The molecule has 0 saturated carbocycles. The van der Waals surface area contributed by atoms with Gasteiger partial charge in [-0.2, -0.15) is 0 Å². The smallest absolute Gasteiger partial charge is 0.332 e. The van der Waals surface area contributed by atoms with Crippen molar-refractivity contribution in [2.75, 3.05) is 19.4 Å². The number of carbonyl (C=O) groups is 1. The number of amides is 1. The lowest BCUT2D eigenvalue weighted by Crippen LogP contribution is -2.38. The van der Waals surface area contributed by atoms with Crippen LogP contribution in [0.15, 0.2) is 15.8 Å². The van der Waals surface area contributed by atoms with Crippen molar-refractivity contribution in [2.24, 2.45) is 14.1 Å². The molecule has 0 bridgehead atoms. The van der Waals surface area contributed by atoms with Crippen molar-refractivity contribution in [1.82, 2.24) is 14.0 Å². The molecule has 96 valence electrons. The molecule has 0 aliphatic carbocycles. The maximum absolute atomic E-state index is 12.1. The number of carbonyl (C=O) groups excluding carboxylic acids is 1. The summed E-state index contributed by atoms with van der Waals surface area (Å²) in [5, 5.41) is 2.55. The second kappa shape index (κ2) is 3.86. The Kier molecular flexibility index (Phi) is 2.61. The van der Waals surface area contributed by atoms with Crippen molar-refractivity contribution >= 4 is 17.3 Å². The Bertz CT molecular complexity index is 679. The predicted molar refractivity (Wildman–Crippen MR) is 67.2 cm³/mol. The molecule has 0 unspecified atom stereocenters. The van der Waals surface area contributed by atoms with E-state index in [1.807, 2.05) is 0 Å². The van der Waals surface area contributed by atoms with E-state index in [2.05, 4.69) is 5.32 Å². The monoisotopic (exact) mass is 250 g/mol. The van der Waals surface area contributed by atoms with Gasteiger partial charge in [-0.1, -0.05) is 0 Å².